The topological polar surface area (TPSA) is 75.0 Å². The Labute approximate surface area is 209 Å². The molecule has 0 atom stereocenters. The first-order valence-electron chi connectivity index (χ1n) is 11.0. The number of hydrogen-bond acceptors (Lipinski definition) is 6. The molecule has 6 nitrogen and oxygen atoms in total. The molecule has 9 heteroatoms. The molecule has 0 aliphatic carbocycles. The predicted molar refractivity (Wildman–Crippen MR) is 131 cm³/mol. The minimum absolute atomic E-state index is 0.105. The van der Waals surface area contributed by atoms with Crippen LogP contribution < -0.4 is 14.2 Å². The highest BCUT2D eigenvalue weighted by Crippen LogP contribution is 2.45. The summed E-state index contributed by atoms with van der Waals surface area (Å²) in [5, 5.41) is 0.897. The van der Waals surface area contributed by atoms with Crippen molar-refractivity contribution in [3.63, 3.8) is 0 Å². The van der Waals surface area contributed by atoms with Crippen molar-refractivity contribution in [2.24, 2.45) is 0 Å². The van der Waals surface area contributed by atoms with Crippen molar-refractivity contribution < 1.29 is 41.4 Å². The third-order valence-corrected chi connectivity index (χ3v) is 5.46. The molecule has 0 fully saturated rings. The van der Waals surface area contributed by atoms with E-state index in [-0.39, 0.29) is 39.4 Å². The maximum atomic E-state index is 13.5. The molecule has 1 aromatic heterocycles. The van der Waals surface area contributed by atoms with E-state index in [4.69, 9.17) is 13.9 Å². The van der Waals surface area contributed by atoms with Crippen LogP contribution >= 0.6 is 0 Å². The van der Waals surface area contributed by atoms with E-state index in [9.17, 15) is 22.8 Å². The fourth-order valence-electron chi connectivity index (χ4n) is 3.63. The number of alkyl halides is 3. The number of halogens is 3. The lowest BCUT2D eigenvalue weighted by Crippen LogP contribution is -2.17. The summed E-state index contributed by atoms with van der Waals surface area (Å²) in [6.07, 6.45) is -5.00. The molecule has 0 bridgehead atoms. The minimum Gasteiger partial charge on any atom is -0.452 e. The molecule has 0 aliphatic heterocycles. The number of hydrogen-bond donors (Lipinski definition) is 0. The number of aryl methyl sites for hydroxylation is 1. The standard InChI is InChI=1S/C28H21F3O6/c1-14(2)26(32)34-18-8-6-17(7-9-18)19-10-11-21-20-12-13-22(35-27(33)15(3)4)16(5)23(20)36-24(21)25(19)37-28(29,30)31/h6-13H,1,3H2,2,4-5H3. The quantitative estimate of drug-likeness (QED) is 0.153. The van der Waals surface area contributed by atoms with Gasteiger partial charge in [0.05, 0.1) is 0 Å². The van der Waals surface area contributed by atoms with Gasteiger partial charge in [0.1, 0.15) is 17.1 Å². The zero-order valence-corrected chi connectivity index (χ0v) is 20.1. The zero-order chi connectivity index (χ0) is 27.1. The number of fused-ring (bicyclic) bond motifs is 3. The fraction of sp³-hybridized carbons (Fsp3) is 0.143. The normalized spacial score (nSPS) is 11.4. The highest BCUT2D eigenvalue weighted by Gasteiger charge is 2.34. The molecule has 0 amide bonds. The van der Waals surface area contributed by atoms with Crippen molar-refractivity contribution in [2.75, 3.05) is 0 Å². The van der Waals surface area contributed by atoms with E-state index < -0.39 is 24.1 Å². The lowest BCUT2D eigenvalue weighted by Gasteiger charge is -2.14. The Balaban J connectivity index is 1.85. The zero-order valence-electron chi connectivity index (χ0n) is 20.1. The van der Waals surface area contributed by atoms with Gasteiger partial charge < -0.3 is 18.6 Å². The van der Waals surface area contributed by atoms with Gasteiger partial charge in [-0.1, -0.05) is 25.3 Å². The van der Waals surface area contributed by atoms with Crippen LogP contribution in [0.25, 0.3) is 33.1 Å². The van der Waals surface area contributed by atoms with Crippen LogP contribution in [0.3, 0.4) is 0 Å². The van der Waals surface area contributed by atoms with Crippen LogP contribution in [0.15, 0.2) is 77.3 Å². The highest BCUT2D eigenvalue weighted by molar-refractivity contribution is 6.10. The average Bonchev–Trinajstić information content (AvgIpc) is 3.20. The van der Waals surface area contributed by atoms with E-state index in [0.29, 0.717) is 21.9 Å². The lowest BCUT2D eigenvalue weighted by molar-refractivity contribution is -0.274. The van der Waals surface area contributed by atoms with Gasteiger partial charge in [-0.15, -0.1) is 13.2 Å². The van der Waals surface area contributed by atoms with Gasteiger partial charge in [-0.3, -0.25) is 0 Å². The predicted octanol–water partition coefficient (Wildman–Crippen LogP) is 7.42. The summed E-state index contributed by atoms with van der Waals surface area (Å²) in [5.41, 5.74) is 1.40. The average molecular weight is 510 g/mol. The largest absolute Gasteiger partial charge is 0.573 e. The van der Waals surface area contributed by atoms with Gasteiger partial charge in [-0.2, -0.15) is 0 Å². The van der Waals surface area contributed by atoms with E-state index in [2.05, 4.69) is 17.9 Å². The molecule has 0 N–H and O–H groups in total. The summed E-state index contributed by atoms with van der Waals surface area (Å²) in [5.74, 6) is -1.40. The molecule has 3 aromatic carbocycles. The smallest absolute Gasteiger partial charge is 0.452 e. The molecular weight excluding hydrogens is 489 g/mol. The van der Waals surface area contributed by atoms with Crippen molar-refractivity contribution in [2.45, 2.75) is 27.1 Å². The molecular formula is C28H21F3O6. The third kappa shape index (κ3) is 5.20. The summed E-state index contributed by atoms with van der Waals surface area (Å²) < 4.78 is 61.2. The Bertz CT molecular complexity index is 1580. The second-order valence-electron chi connectivity index (χ2n) is 8.40. The van der Waals surface area contributed by atoms with Crippen LogP contribution in [0.5, 0.6) is 17.2 Å². The SMILES string of the molecule is C=C(C)C(=O)Oc1ccc(-c2ccc3c(oc4c(C)c(OC(=O)C(=C)C)ccc43)c2OC(F)(F)F)cc1. The van der Waals surface area contributed by atoms with Crippen LogP contribution in [0.1, 0.15) is 19.4 Å². The number of rotatable bonds is 6. The summed E-state index contributed by atoms with van der Waals surface area (Å²) in [4.78, 5) is 23.7. The Morgan fingerprint density at radius 3 is 1.97 bits per heavy atom. The first-order chi connectivity index (χ1) is 17.4. The molecule has 1 heterocycles. The van der Waals surface area contributed by atoms with Gasteiger partial charge in [0.25, 0.3) is 0 Å². The summed E-state index contributed by atoms with van der Waals surface area (Å²) in [7, 11) is 0. The van der Waals surface area contributed by atoms with Gasteiger partial charge in [-0.05, 0) is 62.7 Å². The van der Waals surface area contributed by atoms with Crippen molar-refractivity contribution in [1.82, 2.24) is 0 Å². The molecule has 0 spiro atoms. The van der Waals surface area contributed by atoms with Crippen molar-refractivity contribution >= 4 is 33.9 Å². The monoisotopic (exact) mass is 510 g/mol. The van der Waals surface area contributed by atoms with Crippen LogP contribution in [0.2, 0.25) is 0 Å². The molecule has 0 saturated carbocycles. The van der Waals surface area contributed by atoms with Crippen LogP contribution in [0.4, 0.5) is 13.2 Å². The number of furan rings is 1. The maximum Gasteiger partial charge on any atom is 0.573 e. The van der Waals surface area contributed by atoms with E-state index in [0.717, 1.165) is 0 Å². The Morgan fingerprint density at radius 1 is 0.811 bits per heavy atom. The minimum atomic E-state index is -5.00. The molecule has 4 aromatic rings. The Hall–Kier alpha value is -4.53. The second-order valence-corrected chi connectivity index (χ2v) is 8.40. The Kier molecular flexibility index (Phi) is 6.56. The first kappa shape index (κ1) is 25.6. The van der Waals surface area contributed by atoms with Crippen molar-refractivity contribution in [3.8, 4) is 28.4 Å². The number of carbonyl (C=O) groups excluding carboxylic acids is 2. The van der Waals surface area contributed by atoms with Gasteiger partial charge >= 0.3 is 18.3 Å². The van der Waals surface area contributed by atoms with Crippen LogP contribution in [-0.4, -0.2) is 18.3 Å². The maximum absolute atomic E-state index is 13.5. The van der Waals surface area contributed by atoms with Gasteiger partial charge in [0, 0.05) is 33.0 Å². The van der Waals surface area contributed by atoms with Gasteiger partial charge in [0.2, 0.25) is 0 Å². The van der Waals surface area contributed by atoms with Gasteiger partial charge in [0.15, 0.2) is 11.3 Å². The van der Waals surface area contributed by atoms with Crippen molar-refractivity contribution in [1.29, 1.82) is 0 Å². The molecule has 0 radical (unpaired) electrons. The first-order valence-corrected chi connectivity index (χ1v) is 11.0. The number of ether oxygens (including phenoxy) is 3. The van der Waals surface area contributed by atoms with E-state index in [1.165, 1.54) is 50.2 Å². The summed E-state index contributed by atoms with van der Waals surface area (Å²) in [6.45, 7) is 11.7. The number of esters is 2. The molecule has 4 rings (SSSR count). The Morgan fingerprint density at radius 2 is 1.38 bits per heavy atom. The van der Waals surface area contributed by atoms with E-state index in [1.807, 2.05) is 0 Å². The molecule has 0 aliphatic rings. The van der Waals surface area contributed by atoms with Crippen molar-refractivity contribution in [3.05, 3.63) is 78.4 Å². The summed E-state index contributed by atoms with van der Waals surface area (Å²) in [6, 6.07) is 12.1. The lowest BCUT2D eigenvalue weighted by atomic mass is 10.0. The second kappa shape index (κ2) is 9.50. The summed E-state index contributed by atoms with van der Waals surface area (Å²) >= 11 is 0. The molecule has 0 unspecified atom stereocenters. The van der Waals surface area contributed by atoms with E-state index >= 15 is 0 Å². The molecule has 190 valence electrons. The third-order valence-electron chi connectivity index (χ3n) is 5.46. The fourth-order valence-corrected chi connectivity index (χ4v) is 3.63. The van der Waals surface area contributed by atoms with Crippen LogP contribution in [-0.2, 0) is 9.59 Å². The van der Waals surface area contributed by atoms with E-state index in [1.54, 1.807) is 19.1 Å². The molecule has 0 saturated heterocycles. The van der Waals surface area contributed by atoms with Gasteiger partial charge in [-0.25, -0.2) is 9.59 Å². The highest BCUT2D eigenvalue weighted by atomic mass is 19.4. The van der Waals surface area contributed by atoms with Crippen LogP contribution in [0, 0.1) is 6.92 Å². The number of benzene rings is 3. The number of carbonyl (C=O) groups is 2. The molecule has 37 heavy (non-hydrogen) atoms.